The fourth-order valence-corrected chi connectivity index (χ4v) is 9.05. The Morgan fingerprint density at radius 3 is 1.70 bits per heavy atom. The second-order valence-electron chi connectivity index (χ2n) is 14.7. The number of rotatable bonds is 6. The lowest BCUT2D eigenvalue weighted by atomic mass is 9.62. The van der Waals surface area contributed by atoms with Crippen LogP contribution in [0, 0.1) is 0 Å². The minimum Gasteiger partial charge on any atom is -0.455 e. The van der Waals surface area contributed by atoms with Crippen molar-refractivity contribution < 1.29 is 4.42 Å². The summed E-state index contributed by atoms with van der Waals surface area (Å²) in [7, 11) is 0. The Bertz CT molecular complexity index is 2970. The Morgan fingerprint density at radius 1 is 0.404 bits per heavy atom. The number of fused-ring (bicyclic) bond motifs is 5. The third-order valence-corrected chi connectivity index (χ3v) is 11.5. The molecule has 3 heterocycles. The van der Waals surface area contributed by atoms with Crippen LogP contribution in [0.4, 0.5) is 17.2 Å². The number of anilines is 3. The third kappa shape index (κ3) is 5.24. The van der Waals surface area contributed by atoms with Crippen molar-refractivity contribution in [1.29, 1.82) is 0 Å². The molecule has 3 nitrogen and oxygen atoms in total. The van der Waals surface area contributed by atoms with Crippen molar-refractivity contribution in [2.75, 3.05) is 4.90 Å². The van der Waals surface area contributed by atoms with Gasteiger partial charge in [-0.3, -0.25) is 4.90 Å². The van der Waals surface area contributed by atoms with Gasteiger partial charge in [0.25, 0.3) is 0 Å². The molecular formula is C54H36N2O. The van der Waals surface area contributed by atoms with Gasteiger partial charge >= 0.3 is 0 Å². The van der Waals surface area contributed by atoms with Gasteiger partial charge in [0.1, 0.15) is 17.0 Å². The quantitative estimate of drug-likeness (QED) is 0.171. The first-order chi connectivity index (χ1) is 28.3. The van der Waals surface area contributed by atoms with Gasteiger partial charge < -0.3 is 4.42 Å². The highest BCUT2D eigenvalue weighted by Crippen LogP contribution is 2.58. The topological polar surface area (TPSA) is 29.3 Å². The van der Waals surface area contributed by atoms with Gasteiger partial charge in [-0.15, -0.1) is 0 Å². The molecule has 0 N–H and O–H groups in total. The first-order valence-electron chi connectivity index (χ1n) is 19.5. The number of aromatic nitrogens is 1. The summed E-state index contributed by atoms with van der Waals surface area (Å²) in [5, 5.41) is 2.25. The largest absolute Gasteiger partial charge is 0.455 e. The highest BCUT2D eigenvalue weighted by molar-refractivity contribution is 6.09. The normalized spacial score (nSPS) is 13.0. The zero-order chi connectivity index (χ0) is 37.8. The molecule has 3 heteroatoms. The Balaban J connectivity index is 1.18. The highest BCUT2D eigenvalue weighted by Gasteiger charge is 2.46. The molecule has 0 saturated carbocycles. The smallest absolute Gasteiger partial charge is 0.143 e. The Labute approximate surface area is 331 Å². The maximum atomic E-state index is 6.58. The molecule has 10 aromatic rings. The van der Waals surface area contributed by atoms with E-state index < -0.39 is 5.41 Å². The van der Waals surface area contributed by atoms with Crippen LogP contribution in [0.15, 0.2) is 223 Å². The molecule has 1 aliphatic heterocycles. The molecular weight excluding hydrogens is 693 g/mol. The van der Waals surface area contributed by atoms with E-state index in [1.807, 2.05) is 6.07 Å². The summed E-state index contributed by atoms with van der Waals surface area (Å²) in [5.41, 5.74) is 14.5. The first-order valence-corrected chi connectivity index (χ1v) is 19.5. The molecule has 1 aliphatic rings. The van der Waals surface area contributed by atoms with Crippen LogP contribution in [0.25, 0.3) is 55.4 Å². The van der Waals surface area contributed by atoms with E-state index in [0.717, 1.165) is 72.6 Å². The van der Waals surface area contributed by atoms with E-state index in [4.69, 9.17) is 9.40 Å². The highest BCUT2D eigenvalue weighted by atomic mass is 16.3. The number of benzene rings is 8. The number of nitrogens with zero attached hydrogens (tertiary/aromatic N) is 2. The van der Waals surface area contributed by atoms with Gasteiger partial charge in [0.2, 0.25) is 0 Å². The van der Waals surface area contributed by atoms with Gasteiger partial charge in [-0.25, -0.2) is 4.98 Å². The van der Waals surface area contributed by atoms with Crippen LogP contribution in [0.5, 0.6) is 0 Å². The second kappa shape index (κ2) is 13.4. The second-order valence-corrected chi connectivity index (χ2v) is 14.7. The van der Waals surface area contributed by atoms with Gasteiger partial charge in [-0.2, -0.15) is 0 Å². The molecule has 2 aromatic heterocycles. The van der Waals surface area contributed by atoms with Crippen molar-refractivity contribution in [2.45, 2.75) is 5.41 Å². The Hall–Kier alpha value is -7.49. The van der Waals surface area contributed by atoms with Crippen LogP contribution in [0.3, 0.4) is 0 Å². The third-order valence-electron chi connectivity index (χ3n) is 11.5. The lowest BCUT2D eigenvalue weighted by Crippen LogP contribution is -2.38. The van der Waals surface area contributed by atoms with E-state index in [9.17, 15) is 0 Å². The van der Waals surface area contributed by atoms with Crippen LogP contribution in [0.2, 0.25) is 0 Å². The van der Waals surface area contributed by atoms with E-state index in [1.165, 1.54) is 22.3 Å². The zero-order valence-corrected chi connectivity index (χ0v) is 31.1. The summed E-state index contributed by atoms with van der Waals surface area (Å²) in [6.07, 6.45) is 0. The van der Waals surface area contributed by atoms with Crippen LogP contribution >= 0.6 is 0 Å². The minimum atomic E-state index is -0.665. The number of pyridine rings is 1. The summed E-state index contributed by atoms with van der Waals surface area (Å²) in [5.74, 6) is 0.863. The van der Waals surface area contributed by atoms with E-state index in [1.54, 1.807) is 0 Å². The molecule has 0 fully saturated rings. The molecule has 8 aromatic carbocycles. The molecule has 0 unspecified atom stereocenters. The van der Waals surface area contributed by atoms with E-state index in [2.05, 4.69) is 217 Å². The Morgan fingerprint density at radius 2 is 0.965 bits per heavy atom. The van der Waals surface area contributed by atoms with Crippen LogP contribution in [-0.2, 0) is 5.41 Å². The fraction of sp³-hybridized carbons (Fsp3) is 0.0185. The first kappa shape index (κ1) is 32.9. The predicted molar refractivity (Wildman–Crippen MR) is 234 cm³/mol. The molecule has 0 saturated heterocycles. The fourth-order valence-electron chi connectivity index (χ4n) is 9.05. The SMILES string of the molecule is c1ccc(-c2cc(-c3ccccc3)nc(N3c4ccccc4C(c4ccccc4)(c4cccc(-c5cccc6c5oc5ccccc56)c4)c4ccccc43)c2)cc1. The summed E-state index contributed by atoms with van der Waals surface area (Å²) in [6, 6.07) is 78.1. The molecule has 0 spiro atoms. The summed E-state index contributed by atoms with van der Waals surface area (Å²) >= 11 is 0. The van der Waals surface area contributed by atoms with Crippen LogP contribution in [-0.4, -0.2) is 4.98 Å². The number of para-hydroxylation sites is 4. The maximum Gasteiger partial charge on any atom is 0.143 e. The van der Waals surface area contributed by atoms with E-state index in [-0.39, 0.29) is 0 Å². The number of furan rings is 1. The maximum absolute atomic E-state index is 6.58. The van der Waals surface area contributed by atoms with Crippen molar-refractivity contribution >= 4 is 39.1 Å². The van der Waals surface area contributed by atoms with E-state index in [0.29, 0.717) is 0 Å². The lowest BCUT2D eigenvalue weighted by molar-refractivity contribution is 0.670. The van der Waals surface area contributed by atoms with Gasteiger partial charge in [0.05, 0.1) is 22.5 Å². The molecule has 268 valence electrons. The van der Waals surface area contributed by atoms with Gasteiger partial charge in [0.15, 0.2) is 0 Å². The van der Waals surface area contributed by atoms with Gasteiger partial charge in [-0.05, 0) is 75.3 Å². The van der Waals surface area contributed by atoms with Crippen molar-refractivity contribution in [1.82, 2.24) is 4.98 Å². The van der Waals surface area contributed by atoms with E-state index >= 15 is 0 Å². The van der Waals surface area contributed by atoms with Crippen molar-refractivity contribution in [3.63, 3.8) is 0 Å². The monoisotopic (exact) mass is 728 g/mol. The number of hydrogen-bond acceptors (Lipinski definition) is 3. The zero-order valence-electron chi connectivity index (χ0n) is 31.1. The molecule has 0 amide bonds. The molecule has 0 aliphatic carbocycles. The summed E-state index contributed by atoms with van der Waals surface area (Å²) in [4.78, 5) is 7.82. The molecule has 0 atom stereocenters. The summed E-state index contributed by atoms with van der Waals surface area (Å²) in [6.45, 7) is 0. The average Bonchev–Trinajstić information content (AvgIpc) is 3.68. The molecule has 0 bridgehead atoms. The summed E-state index contributed by atoms with van der Waals surface area (Å²) < 4.78 is 6.58. The molecule has 0 radical (unpaired) electrons. The predicted octanol–water partition coefficient (Wildman–Crippen LogP) is 14.1. The average molecular weight is 729 g/mol. The number of hydrogen-bond donors (Lipinski definition) is 0. The molecule has 57 heavy (non-hydrogen) atoms. The van der Waals surface area contributed by atoms with Crippen molar-refractivity contribution in [3.8, 4) is 33.5 Å². The van der Waals surface area contributed by atoms with Crippen molar-refractivity contribution in [2.24, 2.45) is 0 Å². The standard InChI is InChI=1S/C54H36N2O/c1-4-18-37(19-5-1)40-35-48(38-20-6-2-7-21-38)55-52(36-40)56-49-31-13-11-29-46(49)54(41-23-8-3-9-24-41,47-30-12-14-32-50(47)56)42-25-16-22-39(34-42)43-27-17-28-45-44-26-10-15-33-51(44)57-53(43)45/h1-36H. The van der Waals surface area contributed by atoms with Gasteiger partial charge in [0, 0.05) is 21.9 Å². The van der Waals surface area contributed by atoms with Crippen molar-refractivity contribution in [3.05, 3.63) is 241 Å². The van der Waals surface area contributed by atoms with Crippen LogP contribution < -0.4 is 4.90 Å². The van der Waals surface area contributed by atoms with Crippen LogP contribution in [0.1, 0.15) is 22.3 Å². The lowest BCUT2D eigenvalue weighted by Gasteiger charge is -2.46. The molecule has 11 rings (SSSR count). The van der Waals surface area contributed by atoms with Gasteiger partial charge in [-0.1, -0.05) is 182 Å². The Kier molecular flexibility index (Phi) is 7.71. The minimum absolute atomic E-state index is 0.665.